The Balaban J connectivity index is 2.28. The first kappa shape index (κ1) is 14.9. The van der Waals surface area contributed by atoms with Gasteiger partial charge in [-0.25, -0.2) is 0 Å². The van der Waals surface area contributed by atoms with E-state index in [0.29, 0.717) is 11.6 Å². The summed E-state index contributed by atoms with van der Waals surface area (Å²) in [5, 5.41) is 9.70. The number of anilines is 1. The molecule has 104 valence electrons. The van der Waals surface area contributed by atoms with Gasteiger partial charge in [-0.05, 0) is 35.9 Å². The van der Waals surface area contributed by atoms with E-state index < -0.39 is 5.97 Å². The quantitative estimate of drug-likeness (QED) is 0.875. The van der Waals surface area contributed by atoms with Gasteiger partial charge < -0.3 is 10.0 Å². The first-order chi connectivity index (χ1) is 9.56. The number of aliphatic carboxylic acids is 1. The van der Waals surface area contributed by atoms with Crippen molar-refractivity contribution < 1.29 is 9.90 Å². The molecule has 0 atom stereocenters. The van der Waals surface area contributed by atoms with Gasteiger partial charge >= 0.3 is 5.97 Å². The molecule has 0 fully saturated rings. The summed E-state index contributed by atoms with van der Waals surface area (Å²) in [5.41, 5.74) is 1.81. The van der Waals surface area contributed by atoms with Gasteiger partial charge in [0.2, 0.25) is 0 Å². The molecular formula is C15H13BrClNO2. The zero-order chi connectivity index (χ0) is 14.5. The molecule has 2 rings (SSSR count). The molecule has 0 heterocycles. The molecule has 0 unspecified atom stereocenters. The summed E-state index contributed by atoms with van der Waals surface area (Å²) in [7, 11) is 0. The molecular weight excluding hydrogens is 342 g/mol. The summed E-state index contributed by atoms with van der Waals surface area (Å²) in [6.45, 7) is 0.403. The summed E-state index contributed by atoms with van der Waals surface area (Å²) >= 11 is 9.46. The Morgan fingerprint density at radius 1 is 1.20 bits per heavy atom. The fourth-order valence-electron chi connectivity index (χ4n) is 1.91. The monoisotopic (exact) mass is 353 g/mol. The van der Waals surface area contributed by atoms with Crippen molar-refractivity contribution in [1.29, 1.82) is 0 Å². The highest BCUT2D eigenvalue weighted by molar-refractivity contribution is 9.10. The van der Waals surface area contributed by atoms with Gasteiger partial charge in [0, 0.05) is 21.7 Å². The van der Waals surface area contributed by atoms with E-state index in [4.69, 9.17) is 16.7 Å². The minimum Gasteiger partial charge on any atom is -0.480 e. The minimum atomic E-state index is -0.869. The van der Waals surface area contributed by atoms with E-state index in [2.05, 4.69) is 15.9 Å². The normalized spacial score (nSPS) is 10.3. The molecule has 0 aromatic heterocycles. The molecule has 0 spiro atoms. The molecule has 0 aliphatic carbocycles. The standard InChI is InChI=1S/C15H13BrClNO2/c16-14-7-6-12(17)8-11(14)9-18(10-15(19)20)13-4-2-1-3-5-13/h1-8H,9-10H2,(H,19,20). The third-order valence-corrected chi connectivity index (χ3v) is 3.83. The molecule has 0 aliphatic heterocycles. The predicted molar refractivity (Wildman–Crippen MR) is 84.3 cm³/mol. The van der Waals surface area contributed by atoms with Crippen molar-refractivity contribution in [2.75, 3.05) is 11.4 Å². The van der Waals surface area contributed by atoms with Crippen molar-refractivity contribution in [2.45, 2.75) is 6.54 Å². The van der Waals surface area contributed by atoms with Crippen LogP contribution in [0.2, 0.25) is 5.02 Å². The van der Waals surface area contributed by atoms with Gasteiger partial charge in [-0.3, -0.25) is 4.79 Å². The molecule has 0 radical (unpaired) electrons. The number of rotatable bonds is 5. The first-order valence-corrected chi connectivity index (χ1v) is 7.19. The number of hydrogen-bond acceptors (Lipinski definition) is 2. The lowest BCUT2D eigenvalue weighted by molar-refractivity contribution is -0.135. The van der Waals surface area contributed by atoms with E-state index in [1.54, 1.807) is 11.0 Å². The van der Waals surface area contributed by atoms with Gasteiger partial charge in [0.25, 0.3) is 0 Å². The summed E-state index contributed by atoms with van der Waals surface area (Å²) in [4.78, 5) is 12.8. The van der Waals surface area contributed by atoms with E-state index in [0.717, 1.165) is 15.7 Å². The average molecular weight is 355 g/mol. The molecule has 0 bridgehead atoms. The molecule has 0 amide bonds. The van der Waals surface area contributed by atoms with Gasteiger partial charge in [-0.2, -0.15) is 0 Å². The first-order valence-electron chi connectivity index (χ1n) is 6.02. The van der Waals surface area contributed by atoms with Gasteiger partial charge in [0.15, 0.2) is 0 Å². The van der Waals surface area contributed by atoms with Crippen molar-refractivity contribution in [2.24, 2.45) is 0 Å². The van der Waals surface area contributed by atoms with Crippen LogP contribution in [0.1, 0.15) is 5.56 Å². The van der Waals surface area contributed by atoms with Crippen molar-refractivity contribution >= 4 is 39.2 Å². The highest BCUT2D eigenvalue weighted by atomic mass is 79.9. The van der Waals surface area contributed by atoms with Crippen LogP contribution >= 0.6 is 27.5 Å². The van der Waals surface area contributed by atoms with Crippen LogP contribution in [0.15, 0.2) is 53.0 Å². The van der Waals surface area contributed by atoms with Gasteiger partial charge in [-0.1, -0.05) is 45.7 Å². The minimum absolute atomic E-state index is 0.0665. The topological polar surface area (TPSA) is 40.5 Å². The lowest BCUT2D eigenvalue weighted by atomic mass is 10.2. The highest BCUT2D eigenvalue weighted by Crippen LogP contribution is 2.24. The van der Waals surface area contributed by atoms with Crippen LogP contribution < -0.4 is 4.90 Å². The van der Waals surface area contributed by atoms with Crippen LogP contribution in [0.4, 0.5) is 5.69 Å². The van der Waals surface area contributed by atoms with Crippen LogP contribution in [0.3, 0.4) is 0 Å². The Kier molecular flexibility index (Phi) is 5.04. The number of carbonyl (C=O) groups is 1. The second-order valence-corrected chi connectivity index (χ2v) is 5.61. The second-order valence-electron chi connectivity index (χ2n) is 4.32. The molecule has 1 N–H and O–H groups in total. The zero-order valence-electron chi connectivity index (χ0n) is 10.6. The lowest BCUT2D eigenvalue weighted by Crippen LogP contribution is -2.29. The SMILES string of the molecule is O=C(O)CN(Cc1cc(Cl)ccc1Br)c1ccccc1. The van der Waals surface area contributed by atoms with Gasteiger partial charge in [-0.15, -0.1) is 0 Å². The maximum atomic E-state index is 11.0. The fourth-order valence-corrected chi connectivity index (χ4v) is 2.48. The second kappa shape index (κ2) is 6.77. The summed E-state index contributed by atoms with van der Waals surface area (Å²) in [5.74, 6) is -0.869. The maximum Gasteiger partial charge on any atom is 0.323 e. The number of benzene rings is 2. The largest absolute Gasteiger partial charge is 0.480 e. The van der Waals surface area contributed by atoms with Crippen LogP contribution in [-0.2, 0) is 11.3 Å². The number of nitrogens with zero attached hydrogens (tertiary/aromatic N) is 1. The Morgan fingerprint density at radius 2 is 1.90 bits per heavy atom. The van der Waals surface area contributed by atoms with Gasteiger partial charge in [0.1, 0.15) is 6.54 Å². The molecule has 2 aromatic carbocycles. The van der Waals surface area contributed by atoms with Crippen molar-refractivity contribution in [3.05, 3.63) is 63.6 Å². The number of carboxylic acids is 1. The van der Waals surface area contributed by atoms with Crippen molar-refractivity contribution in [3.63, 3.8) is 0 Å². The fraction of sp³-hybridized carbons (Fsp3) is 0.133. The number of halogens is 2. The van der Waals surface area contributed by atoms with E-state index in [1.807, 2.05) is 42.5 Å². The number of para-hydroxylation sites is 1. The number of hydrogen-bond donors (Lipinski definition) is 1. The number of carboxylic acid groups (broad SMARTS) is 1. The lowest BCUT2D eigenvalue weighted by Gasteiger charge is -2.23. The van der Waals surface area contributed by atoms with E-state index >= 15 is 0 Å². The van der Waals surface area contributed by atoms with E-state index in [-0.39, 0.29) is 6.54 Å². The van der Waals surface area contributed by atoms with Crippen LogP contribution in [-0.4, -0.2) is 17.6 Å². The van der Waals surface area contributed by atoms with E-state index in [1.165, 1.54) is 0 Å². The highest BCUT2D eigenvalue weighted by Gasteiger charge is 2.13. The summed E-state index contributed by atoms with van der Waals surface area (Å²) < 4.78 is 0.910. The molecule has 20 heavy (non-hydrogen) atoms. The third kappa shape index (κ3) is 3.99. The Hall–Kier alpha value is -1.52. The van der Waals surface area contributed by atoms with Gasteiger partial charge in [0.05, 0.1) is 0 Å². The third-order valence-electron chi connectivity index (χ3n) is 2.82. The molecule has 0 aliphatic rings. The molecule has 0 saturated carbocycles. The maximum absolute atomic E-state index is 11.0. The molecule has 2 aromatic rings. The molecule has 0 saturated heterocycles. The Morgan fingerprint density at radius 3 is 2.55 bits per heavy atom. The Bertz CT molecular complexity index is 604. The Labute approximate surface area is 130 Å². The van der Waals surface area contributed by atoms with Crippen molar-refractivity contribution in [3.8, 4) is 0 Å². The van der Waals surface area contributed by atoms with E-state index in [9.17, 15) is 4.79 Å². The summed E-state index contributed by atoms with van der Waals surface area (Å²) in [6, 6.07) is 14.9. The smallest absolute Gasteiger partial charge is 0.323 e. The summed E-state index contributed by atoms with van der Waals surface area (Å²) in [6.07, 6.45) is 0. The molecule has 3 nitrogen and oxygen atoms in total. The zero-order valence-corrected chi connectivity index (χ0v) is 12.9. The molecule has 5 heteroatoms. The van der Waals surface area contributed by atoms with Crippen molar-refractivity contribution in [1.82, 2.24) is 0 Å². The predicted octanol–water partition coefficient (Wildman–Crippen LogP) is 4.19. The van der Waals surface area contributed by atoms with Crippen LogP contribution in [0.5, 0.6) is 0 Å². The van der Waals surface area contributed by atoms with Crippen LogP contribution in [0, 0.1) is 0 Å². The average Bonchev–Trinajstić information content (AvgIpc) is 2.42. The van der Waals surface area contributed by atoms with Crippen LogP contribution in [0.25, 0.3) is 0 Å².